The van der Waals surface area contributed by atoms with Gasteiger partial charge in [-0.05, 0) is 47.5 Å². The number of phenolic OH excluding ortho intramolecular Hbond substituents is 1. The topological polar surface area (TPSA) is 69.6 Å². The van der Waals surface area contributed by atoms with E-state index in [4.69, 9.17) is 11.6 Å². The number of carbonyl (C=O) groups is 1. The molecule has 0 saturated carbocycles. The fourth-order valence-corrected chi connectivity index (χ4v) is 2.61. The number of carboxylic acids is 1. The fourth-order valence-electron chi connectivity index (χ4n) is 2.42. The number of halogens is 1. The average molecular weight is 340 g/mol. The molecule has 3 aromatic rings. The summed E-state index contributed by atoms with van der Waals surface area (Å²) in [5.74, 6) is -0.932. The summed E-state index contributed by atoms with van der Waals surface area (Å²) in [7, 11) is 0. The van der Waals surface area contributed by atoms with Gasteiger partial charge in [-0.3, -0.25) is 0 Å². The summed E-state index contributed by atoms with van der Waals surface area (Å²) in [6.07, 6.45) is 0. The van der Waals surface area contributed by atoms with Gasteiger partial charge in [0.1, 0.15) is 5.75 Å². The number of nitrogens with one attached hydrogen (secondary N) is 1. The summed E-state index contributed by atoms with van der Waals surface area (Å²) >= 11 is 6.03. The maximum atomic E-state index is 11.5. The molecule has 3 aromatic carbocycles. The third-order valence-electron chi connectivity index (χ3n) is 3.53. The zero-order valence-corrected chi connectivity index (χ0v) is 13.3. The number of aromatic hydroxyl groups is 1. The first-order chi connectivity index (χ1) is 11.5. The van der Waals surface area contributed by atoms with Crippen molar-refractivity contribution in [3.05, 3.63) is 77.3 Å². The molecule has 0 aliphatic carbocycles. The second kappa shape index (κ2) is 6.64. The van der Waals surface area contributed by atoms with Crippen LogP contribution in [0.15, 0.2) is 66.7 Å². The largest absolute Gasteiger partial charge is 0.508 e. The van der Waals surface area contributed by atoms with Crippen LogP contribution in [0, 0.1) is 0 Å². The Balaban J connectivity index is 2.05. The molecule has 24 heavy (non-hydrogen) atoms. The van der Waals surface area contributed by atoms with E-state index in [0.717, 1.165) is 11.1 Å². The normalized spacial score (nSPS) is 10.4. The number of aromatic carboxylic acids is 1. The van der Waals surface area contributed by atoms with Crippen molar-refractivity contribution in [2.24, 2.45) is 0 Å². The molecule has 0 saturated heterocycles. The van der Waals surface area contributed by atoms with Gasteiger partial charge in [0, 0.05) is 16.8 Å². The highest BCUT2D eigenvalue weighted by Crippen LogP contribution is 2.30. The van der Waals surface area contributed by atoms with Crippen molar-refractivity contribution < 1.29 is 15.0 Å². The van der Waals surface area contributed by atoms with E-state index < -0.39 is 5.97 Å². The van der Waals surface area contributed by atoms with Crippen molar-refractivity contribution in [1.82, 2.24) is 0 Å². The van der Waals surface area contributed by atoms with Crippen molar-refractivity contribution in [3.63, 3.8) is 0 Å². The number of phenols is 1. The average Bonchev–Trinajstić information content (AvgIpc) is 2.54. The number of anilines is 2. The van der Waals surface area contributed by atoms with Crippen LogP contribution in [0.5, 0.6) is 5.75 Å². The van der Waals surface area contributed by atoms with Crippen LogP contribution in [0.2, 0.25) is 5.02 Å². The van der Waals surface area contributed by atoms with E-state index in [1.54, 1.807) is 42.5 Å². The summed E-state index contributed by atoms with van der Waals surface area (Å²) in [5.41, 5.74) is 2.90. The van der Waals surface area contributed by atoms with Crippen molar-refractivity contribution >= 4 is 28.9 Å². The number of hydrogen-bond donors (Lipinski definition) is 3. The lowest BCUT2D eigenvalue weighted by molar-refractivity contribution is 0.0698. The van der Waals surface area contributed by atoms with Crippen molar-refractivity contribution in [2.45, 2.75) is 0 Å². The zero-order valence-electron chi connectivity index (χ0n) is 12.5. The first-order valence-electron chi connectivity index (χ1n) is 7.22. The molecule has 3 rings (SSSR count). The summed E-state index contributed by atoms with van der Waals surface area (Å²) in [4.78, 5) is 11.5. The van der Waals surface area contributed by atoms with Crippen LogP contribution < -0.4 is 5.32 Å². The molecule has 0 fully saturated rings. The molecule has 0 heterocycles. The Labute approximate surface area is 144 Å². The van der Waals surface area contributed by atoms with Crippen LogP contribution in [0.25, 0.3) is 11.1 Å². The summed E-state index contributed by atoms with van der Waals surface area (Å²) in [5, 5.41) is 22.6. The van der Waals surface area contributed by atoms with Gasteiger partial charge in [0.15, 0.2) is 0 Å². The fraction of sp³-hybridized carbons (Fsp3) is 0. The number of rotatable bonds is 4. The molecule has 0 spiro atoms. The molecule has 0 aliphatic heterocycles. The quantitative estimate of drug-likeness (QED) is 0.614. The van der Waals surface area contributed by atoms with E-state index in [9.17, 15) is 15.0 Å². The van der Waals surface area contributed by atoms with Crippen LogP contribution in [-0.2, 0) is 0 Å². The Morgan fingerprint density at radius 1 is 0.917 bits per heavy atom. The Kier molecular flexibility index (Phi) is 4.40. The number of hydrogen-bond acceptors (Lipinski definition) is 3. The smallest absolute Gasteiger partial charge is 0.337 e. The van der Waals surface area contributed by atoms with E-state index in [1.165, 1.54) is 6.07 Å². The molecule has 4 nitrogen and oxygen atoms in total. The molecule has 0 bridgehead atoms. The lowest BCUT2D eigenvalue weighted by Gasteiger charge is -2.12. The number of benzene rings is 3. The van der Waals surface area contributed by atoms with Gasteiger partial charge in [0.2, 0.25) is 0 Å². The third-order valence-corrected chi connectivity index (χ3v) is 3.77. The first-order valence-corrected chi connectivity index (χ1v) is 7.60. The van der Waals surface area contributed by atoms with Crippen LogP contribution >= 0.6 is 11.6 Å². The molecule has 120 valence electrons. The standard InChI is InChI=1S/C19H14ClNO3/c20-14-4-1-3-12(9-14)13-7-8-17(19(23)24)18(10-13)21-15-5-2-6-16(22)11-15/h1-11,21-22H,(H,23,24). The first kappa shape index (κ1) is 15.9. The van der Waals surface area contributed by atoms with Crippen LogP contribution in [-0.4, -0.2) is 16.2 Å². The SMILES string of the molecule is O=C(O)c1ccc(-c2cccc(Cl)c2)cc1Nc1cccc(O)c1. The second-order valence-electron chi connectivity index (χ2n) is 5.25. The minimum Gasteiger partial charge on any atom is -0.508 e. The molecule has 5 heteroatoms. The van der Waals surface area contributed by atoms with Crippen LogP contribution in [0.3, 0.4) is 0 Å². The van der Waals surface area contributed by atoms with E-state index in [1.807, 2.05) is 18.2 Å². The Bertz CT molecular complexity index is 909. The highest BCUT2D eigenvalue weighted by molar-refractivity contribution is 6.30. The maximum Gasteiger partial charge on any atom is 0.337 e. The maximum absolute atomic E-state index is 11.5. The van der Waals surface area contributed by atoms with Crippen LogP contribution in [0.4, 0.5) is 11.4 Å². The van der Waals surface area contributed by atoms with Gasteiger partial charge < -0.3 is 15.5 Å². The zero-order chi connectivity index (χ0) is 17.1. The van der Waals surface area contributed by atoms with Gasteiger partial charge in [0.25, 0.3) is 0 Å². The highest BCUT2D eigenvalue weighted by Gasteiger charge is 2.12. The van der Waals surface area contributed by atoms with E-state index >= 15 is 0 Å². The summed E-state index contributed by atoms with van der Waals surface area (Å²) < 4.78 is 0. The van der Waals surface area contributed by atoms with Gasteiger partial charge in [-0.1, -0.05) is 35.9 Å². The lowest BCUT2D eigenvalue weighted by Crippen LogP contribution is -2.03. The Morgan fingerprint density at radius 2 is 1.67 bits per heavy atom. The predicted octanol–water partition coefficient (Wildman–Crippen LogP) is 5.15. The lowest BCUT2D eigenvalue weighted by atomic mass is 10.0. The van der Waals surface area contributed by atoms with E-state index in [0.29, 0.717) is 16.4 Å². The Morgan fingerprint density at radius 3 is 2.38 bits per heavy atom. The van der Waals surface area contributed by atoms with Gasteiger partial charge in [0.05, 0.1) is 11.3 Å². The molecule has 0 aromatic heterocycles. The van der Waals surface area contributed by atoms with Gasteiger partial charge in [-0.25, -0.2) is 4.79 Å². The molecule has 0 aliphatic rings. The minimum atomic E-state index is -1.03. The third kappa shape index (κ3) is 3.50. The highest BCUT2D eigenvalue weighted by atomic mass is 35.5. The van der Waals surface area contributed by atoms with Gasteiger partial charge >= 0.3 is 5.97 Å². The minimum absolute atomic E-state index is 0.0999. The summed E-state index contributed by atoms with van der Waals surface area (Å²) in [6.45, 7) is 0. The molecule has 3 N–H and O–H groups in total. The molecular formula is C19H14ClNO3. The van der Waals surface area contributed by atoms with Crippen molar-refractivity contribution in [2.75, 3.05) is 5.32 Å². The predicted molar refractivity (Wildman–Crippen MR) is 95.2 cm³/mol. The van der Waals surface area contributed by atoms with E-state index in [-0.39, 0.29) is 11.3 Å². The van der Waals surface area contributed by atoms with Crippen molar-refractivity contribution in [3.8, 4) is 16.9 Å². The molecule has 0 amide bonds. The van der Waals surface area contributed by atoms with Crippen molar-refractivity contribution in [1.29, 1.82) is 0 Å². The van der Waals surface area contributed by atoms with Crippen LogP contribution in [0.1, 0.15) is 10.4 Å². The van der Waals surface area contributed by atoms with E-state index in [2.05, 4.69) is 5.32 Å². The molecular weight excluding hydrogens is 326 g/mol. The summed E-state index contributed by atoms with van der Waals surface area (Å²) in [6, 6.07) is 18.9. The number of carboxylic acid groups (broad SMARTS) is 1. The molecule has 0 atom stereocenters. The second-order valence-corrected chi connectivity index (χ2v) is 5.69. The molecule has 0 radical (unpaired) electrons. The molecule has 0 unspecified atom stereocenters. The van der Waals surface area contributed by atoms with Gasteiger partial charge in [-0.15, -0.1) is 0 Å². The monoisotopic (exact) mass is 339 g/mol. The van der Waals surface area contributed by atoms with Gasteiger partial charge in [-0.2, -0.15) is 0 Å². The Hall–Kier alpha value is -2.98.